The lowest BCUT2D eigenvalue weighted by Gasteiger charge is -2.36. The van der Waals surface area contributed by atoms with E-state index >= 15 is 0 Å². The maximum absolute atomic E-state index is 4.69. The quantitative estimate of drug-likeness (QED) is 0.383. The molecule has 26 heavy (non-hydrogen) atoms. The number of benzene rings is 1. The van der Waals surface area contributed by atoms with Gasteiger partial charge in [0.1, 0.15) is 0 Å². The van der Waals surface area contributed by atoms with E-state index in [1.165, 1.54) is 44.6 Å². The first-order valence-corrected chi connectivity index (χ1v) is 10.4. The van der Waals surface area contributed by atoms with Crippen molar-refractivity contribution < 1.29 is 0 Å². The summed E-state index contributed by atoms with van der Waals surface area (Å²) in [5, 5.41) is 6.73. The maximum atomic E-state index is 4.69. The molecule has 1 heterocycles. The minimum absolute atomic E-state index is 0.908. The Labute approximate surface area is 159 Å². The van der Waals surface area contributed by atoms with Crippen LogP contribution in [0.1, 0.15) is 39.5 Å². The smallest absolute Gasteiger partial charge is 0.191 e. The Bertz CT molecular complexity index is 494. The van der Waals surface area contributed by atoms with Gasteiger partial charge in [-0.1, -0.05) is 31.5 Å². The minimum atomic E-state index is 0.908. The van der Waals surface area contributed by atoms with Gasteiger partial charge in [0.2, 0.25) is 0 Å². The zero-order valence-electron chi connectivity index (χ0n) is 16.7. The molecule has 1 aliphatic heterocycles. The molecule has 2 rings (SSSR count). The lowest BCUT2D eigenvalue weighted by atomic mass is 10.2. The Balaban J connectivity index is 1.59. The molecule has 146 valence electrons. The molecular formula is C21H37N5. The van der Waals surface area contributed by atoms with E-state index in [0.29, 0.717) is 0 Å². The van der Waals surface area contributed by atoms with Crippen LogP contribution in [-0.4, -0.2) is 63.2 Å². The zero-order valence-corrected chi connectivity index (χ0v) is 16.7. The van der Waals surface area contributed by atoms with Crippen molar-refractivity contribution in [3.63, 3.8) is 0 Å². The fourth-order valence-corrected chi connectivity index (χ4v) is 3.23. The Morgan fingerprint density at radius 1 is 0.962 bits per heavy atom. The van der Waals surface area contributed by atoms with E-state index in [1.807, 2.05) is 0 Å². The number of nitrogens with one attached hydrogen (secondary N) is 2. The van der Waals surface area contributed by atoms with Crippen molar-refractivity contribution >= 4 is 11.6 Å². The Morgan fingerprint density at radius 2 is 1.73 bits per heavy atom. The Kier molecular flexibility index (Phi) is 9.95. The monoisotopic (exact) mass is 359 g/mol. The molecule has 0 radical (unpaired) electrons. The molecule has 1 saturated heterocycles. The fourth-order valence-electron chi connectivity index (χ4n) is 3.23. The van der Waals surface area contributed by atoms with Crippen LogP contribution in [0.15, 0.2) is 35.3 Å². The lowest BCUT2D eigenvalue weighted by Crippen LogP contribution is -2.46. The van der Waals surface area contributed by atoms with Crippen LogP contribution in [0.3, 0.4) is 0 Å². The Morgan fingerprint density at radius 3 is 2.42 bits per heavy atom. The number of guanidine groups is 1. The topological polar surface area (TPSA) is 42.9 Å². The Hall–Kier alpha value is -1.75. The predicted octanol–water partition coefficient (Wildman–Crippen LogP) is 2.94. The summed E-state index contributed by atoms with van der Waals surface area (Å²) >= 11 is 0. The molecule has 1 aromatic carbocycles. The second-order valence-corrected chi connectivity index (χ2v) is 6.91. The molecule has 1 aromatic rings. The van der Waals surface area contributed by atoms with Crippen molar-refractivity contribution in [2.75, 3.05) is 57.3 Å². The minimum Gasteiger partial charge on any atom is -0.369 e. The van der Waals surface area contributed by atoms with Crippen LogP contribution in [0.2, 0.25) is 0 Å². The van der Waals surface area contributed by atoms with Crippen molar-refractivity contribution in [3.8, 4) is 0 Å². The number of piperazine rings is 1. The van der Waals surface area contributed by atoms with Crippen LogP contribution in [0.4, 0.5) is 5.69 Å². The van der Waals surface area contributed by atoms with Crippen LogP contribution in [0.25, 0.3) is 0 Å². The largest absolute Gasteiger partial charge is 0.369 e. The lowest BCUT2D eigenvalue weighted by molar-refractivity contribution is 0.253. The second kappa shape index (κ2) is 12.6. The van der Waals surface area contributed by atoms with Gasteiger partial charge in [-0.2, -0.15) is 0 Å². The van der Waals surface area contributed by atoms with Gasteiger partial charge in [-0.15, -0.1) is 0 Å². The average molecular weight is 360 g/mol. The maximum Gasteiger partial charge on any atom is 0.191 e. The van der Waals surface area contributed by atoms with Gasteiger partial charge in [0.05, 0.1) is 0 Å². The van der Waals surface area contributed by atoms with Crippen LogP contribution in [0, 0.1) is 0 Å². The number of hydrogen-bond acceptors (Lipinski definition) is 3. The molecule has 1 fully saturated rings. The number of aliphatic imine (C=N–C) groups is 1. The van der Waals surface area contributed by atoms with Gasteiger partial charge in [0.15, 0.2) is 5.96 Å². The molecule has 2 N–H and O–H groups in total. The van der Waals surface area contributed by atoms with E-state index in [9.17, 15) is 0 Å². The van der Waals surface area contributed by atoms with E-state index in [1.54, 1.807) is 0 Å². The summed E-state index contributed by atoms with van der Waals surface area (Å²) in [5.41, 5.74) is 1.35. The van der Waals surface area contributed by atoms with Crippen LogP contribution >= 0.6 is 0 Å². The number of anilines is 1. The molecule has 0 saturated carbocycles. The fraction of sp³-hybridized carbons (Fsp3) is 0.667. The van der Waals surface area contributed by atoms with Crippen molar-refractivity contribution in [1.82, 2.24) is 15.5 Å². The van der Waals surface area contributed by atoms with Gasteiger partial charge in [0.25, 0.3) is 0 Å². The first kappa shape index (κ1) is 20.6. The van der Waals surface area contributed by atoms with Crippen LogP contribution < -0.4 is 15.5 Å². The molecule has 0 bridgehead atoms. The summed E-state index contributed by atoms with van der Waals surface area (Å²) < 4.78 is 0. The van der Waals surface area contributed by atoms with E-state index in [0.717, 1.165) is 45.1 Å². The third-order valence-electron chi connectivity index (χ3n) is 4.81. The standard InChI is InChI=1S/C21H37N5/c1-3-5-13-23-21(22-4-2)24-14-9-10-15-25-16-18-26(19-17-25)20-11-7-6-8-12-20/h6-8,11-12H,3-5,9-10,13-19H2,1-2H3,(H2,22,23,24). The van der Waals surface area contributed by atoms with Crippen LogP contribution in [-0.2, 0) is 0 Å². The van der Waals surface area contributed by atoms with Gasteiger partial charge in [0, 0.05) is 51.5 Å². The summed E-state index contributed by atoms with van der Waals surface area (Å²) in [6.07, 6.45) is 4.79. The van der Waals surface area contributed by atoms with Crippen molar-refractivity contribution in [1.29, 1.82) is 0 Å². The summed E-state index contributed by atoms with van der Waals surface area (Å²) in [4.78, 5) is 9.77. The number of unbranched alkanes of at least 4 members (excludes halogenated alkanes) is 2. The molecule has 0 spiro atoms. The van der Waals surface area contributed by atoms with Gasteiger partial charge in [-0.25, -0.2) is 0 Å². The summed E-state index contributed by atoms with van der Waals surface area (Å²) in [7, 11) is 0. The van der Waals surface area contributed by atoms with Gasteiger partial charge in [-0.3, -0.25) is 9.89 Å². The molecule has 1 aliphatic rings. The molecule has 5 nitrogen and oxygen atoms in total. The van der Waals surface area contributed by atoms with Crippen molar-refractivity contribution in [2.45, 2.75) is 39.5 Å². The number of rotatable bonds is 10. The second-order valence-electron chi connectivity index (χ2n) is 6.91. The van der Waals surface area contributed by atoms with Crippen molar-refractivity contribution in [3.05, 3.63) is 30.3 Å². The third kappa shape index (κ3) is 7.65. The average Bonchev–Trinajstić information content (AvgIpc) is 2.69. The molecular weight excluding hydrogens is 322 g/mol. The normalized spacial score (nSPS) is 15.9. The van der Waals surface area contributed by atoms with E-state index in [4.69, 9.17) is 0 Å². The molecule has 0 aromatic heterocycles. The number of nitrogens with zero attached hydrogens (tertiary/aromatic N) is 3. The number of para-hydroxylation sites is 1. The summed E-state index contributed by atoms with van der Waals surface area (Å²) in [6, 6.07) is 10.8. The van der Waals surface area contributed by atoms with E-state index in [-0.39, 0.29) is 0 Å². The summed E-state index contributed by atoms with van der Waals surface area (Å²) in [5.74, 6) is 0.970. The van der Waals surface area contributed by atoms with E-state index < -0.39 is 0 Å². The number of hydrogen-bond donors (Lipinski definition) is 2. The first-order valence-electron chi connectivity index (χ1n) is 10.4. The molecule has 5 heteroatoms. The van der Waals surface area contributed by atoms with E-state index in [2.05, 4.69) is 69.6 Å². The summed E-state index contributed by atoms with van der Waals surface area (Å²) in [6.45, 7) is 13.0. The highest BCUT2D eigenvalue weighted by atomic mass is 15.3. The van der Waals surface area contributed by atoms with Crippen LogP contribution in [0.5, 0.6) is 0 Å². The molecule has 0 amide bonds. The van der Waals surface area contributed by atoms with Gasteiger partial charge in [-0.05, 0) is 44.9 Å². The predicted molar refractivity (Wildman–Crippen MR) is 113 cm³/mol. The molecule has 0 atom stereocenters. The van der Waals surface area contributed by atoms with Crippen molar-refractivity contribution in [2.24, 2.45) is 4.99 Å². The SMILES string of the molecule is CCCCNC(=NCCCCN1CCN(c2ccccc2)CC1)NCC. The molecule has 0 unspecified atom stereocenters. The highest BCUT2D eigenvalue weighted by molar-refractivity contribution is 5.79. The highest BCUT2D eigenvalue weighted by Crippen LogP contribution is 2.15. The zero-order chi connectivity index (χ0) is 18.5. The van der Waals surface area contributed by atoms with Gasteiger partial charge < -0.3 is 15.5 Å². The highest BCUT2D eigenvalue weighted by Gasteiger charge is 2.16. The molecule has 0 aliphatic carbocycles. The third-order valence-corrected chi connectivity index (χ3v) is 4.81. The van der Waals surface area contributed by atoms with Gasteiger partial charge >= 0.3 is 0 Å². The first-order chi connectivity index (χ1) is 12.8.